The lowest BCUT2D eigenvalue weighted by Gasteiger charge is -2.27. The molecule has 3 aromatic heterocycles. The van der Waals surface area contributed by atoms with Gasteiger partial charge in [-0.2, -0.15) is 5.10 Å². The van der Waals surface area contributed by atoms with Crippen LogP contribution in [0.15, 0.2) is 60.1 Å². The fourth-order valence-corrected chi connectivity index (χ4v) is 4.88. The molecule has 4 aromatic rings. The Balaban J connectivity index is 1.39. The Morgan fingerprint density at radius 2 is 1.94 bits per heavy atom. The summed E-state index contributed by atoms with van der Waals surface area (Å²) in [5, 5.41) is 10.3. The highest BCUT2D eigenvalue weighted by Gasteiger charge is 2.31. The third kappa shape index (κ3) is 5.14. The number of thiazole rings is 1. The van der Waals surface area contributed by atoms with Crippen LogP contribution in [0, 0.1) is 6.92 Å². The molecule has 5 rings (SSSR count). The molecular formula is C26H26N6O2S. The van der Waals surface area contributed by atoms with Crippen LogP contribution in [0.2, 0.25) is 0 Å². The number of nitrogens with zero attached hydrogens (tertiary/aromatic N) is 5. The summed E-state index contributed by atoms with van der Waals surface area (Å²) in [5.41, 5.74) is 4.63. The molecule has 0 saturated carbocycles. The third-order valence-electron chi connectivity index (χ3n) is 6.09. The van der Waals surface area contributed by atoms with Crippen LogP contribution in [-0.2, 0) is 32.5 Å². The molecule has 8 nitrogen and oxygen atoms in total. The Kier molecular flexibility index (Phi) is 6.67. The van der Waals surface area contributed by atoms with Gasteiger partial charge in [-0.15, -0.1) is 11.3 Å². The Bertz CT molecular complexity index is 1330. The number of aryl methyl sites for hydroxylation is 3. The Hall–Kier alpha value is -3.85. The van der Waals surface area contributed by atoms with Crippen molar-refractivity contribution in [2.75, 3.05) is 6.54 Å². The van der Waals surface area contributed by atoms with E-state index in [1.54, 1.807) is 16.5 Å². The number of pyridine rings is 1. The van der Waals surface area contributed by atoms with Crippen LogP contribution >= 0.6 is 11.3 Å². The van der Waals surface area contributed by atoms with Gasteiger partial charge in [0.2, 0.25) is 0 Å². The standard InChI is InChI=1S/C26H26N6O2S/c1-18-29-22(17-35-18)26(34)31-13-11-23-21(16-31)24(25(33)28-15-20-9-5-6-12-27-20)30-32(23)14-10-19-7-3-2-4-8-19/h2-9,12,17H,10-11,13-16H2,1H3,(H,28,33). The van der Waals surface area contributed by atoms with Crippen LogP contribution in [0.3, 0.4) is 0 Å². The summed E-state index contributed by atoms with van der Waals surface area (Å²) >= 11 is 1.46. The maximum absolute atomic E-state index is 13.2. The first-order valence-electron chi connectivity index (χ1n) is 11.6. The summed E-state index contributed by atoms with van der Waals surface area (Å²) in [6.45, 7) is 3.76. The van der Waals surface area contributed by atoms with Crippen LogP contribution in [0.1, 0.15) is 48.5 Å². The van der Waals surface area contributed by atoms with Crippen LogP contribution < -0.4 is 5.32 Å². The summed E-state index contributed by atoms with van der Waals surface area (Å²) in [6, 6.07) is 15.8. The molecule has 2 amide bonds. The van der Waals surface area contributed by atoms with Crippen molar-refractivity contribution in [1.82, 2.24) is 30.0 Å². The van der Waals surface area contributed by atoms with Crippen LogP contribution in [0.25, 0.3) is 0 Å². The summed E-state index contributed by atoms with van der Waals surface area (Å²) < 4.78 is 1.94. The van der Waals surface area contributed by atoms with Gasteiger partial charge in [-0.3, -0.25) is 19.3 Å². The van der Waals surface area contributed by atoms with Crippen molar-refractivity contribution >= 4 is 23.2 Å². The molecule has 0 saturated heterocycles. The number of hydrogen-bond acceptors (Lipinski definition) is 6. The lowest BCUT2D eigenvalue weighted by atomic mass is 10.0. The topological polar surface area (TPSA) is 93.0 Å². The van der Waals surface area contributed by atoms with E-state index in [-0.39, 0.29) is 11.8 Å². The van der Waals surface area contributed by atoms with Crippen molar-refractivity contribution in [3.05, 3.63) is 99.0 Å². The van der Waals surface area contributed by atoms with Crippen molar-refractivity contribution in [2.24, 2.45) is 0 Å². The zero-order valence-corrected chi connectivity index (χ0v) is 20.3. The summed E-state index contributed by atoms with van der Waals surface area (Å²) in [5.74, 6) is -0.374. The average molecular weight is 487 g/mol. The Labute approximate surface area is 207 Å². The second-order valence-electron chi connectivity index (χ2n) is 8.46. The molecule has 1 aliphatic heterocycles. The predicted molar refractivity (Wildman–Crippen MR) is 133 cm³/mol. The number of carbonyl (C=O) groups excluding carboxylic acids is 2. The van der Waals surface area contributed by atoms with Gasteiger partial charge in [0, 0.05) is 42.3 Å². The van der Waals surface area contributed by atoms with Crippen LogP contribution in [0.5, 0.6) is 0 Å². The molecule has 0 atom stereocenters. The van der Waals surface area contributed by atoms with Gasteiger partial charge >= 0.3 is 0 Å². The second-order valence-corrected chi connectivity index (χ2v) is 9.53. The van der Waals surface area contributed by atoms with Crippen molar-refractivity contribution < 1.29 is 9.59 Å². The third-order valence-corrected chi connectivity index (χ3v) is 6.86. The molecule has 1 N–H and O–H groups in total. The molecule has 0 fully saturated rings. The molecule has 0 aliphatic carbocycles. The fraction of sp³-hybridized carbons (Fsp3) is 0.269. The fourth-order valence-electron chi connectivity index (χ4n) is 4.29. The van der Waals surface area contributed by atoms with Crippen molar-refractivity contribution in [3.8, 4) is 0 Å². The minimum Gasteiger partial charge on any atom is -0.345 e. The quantitative estimate of drug-likeness (QED) is 0.432. The molecule has 9 heteroatoms. The first-order valence-corrected chi connectivity index (χ1v) is 12.5. The van der Waals surface area contributed by atoms with Crippen molar-refractivity contribution in [3.63, 3.8) is 0 Å². The van der Waals surface area contributed by atoms with Gasteiger partial charge < -0.3 is 10.2 Å². The number of nitrogens with one attached hydrogen (secondary N) is 1. The highest BCUT2D eigenvalue weighted by molar-refractivity contribution is 7.09. The number of aromatic nitrogens is 4. The largest absolute Gasteiger partial charge is 0.345 e. The number of amides is 2. The molecule has 0 unspecified atom stereocenters. The van der Waals surface area contributed by atoms with E-state index in [0.717, 1.165) is 28.4 Å². The number of carbonyl (C=O) groups is 2. The van der Waals surface area contributed by atoms with Gasteiger partial charge in [0.15, 0.2) is 5.69 Å². The molecule has 1 aliphatic rings. The predicted octanol–water partition coefficient (Wildman–Crippen LogP) is 3.41. The second kappa shape index (κ2) is 10.2. The van der Waals surface area contributed by atoms with Gasteiger partial charge in [0.1, 0.15) is 5.69 Å². The van der Waals surface area contributed by atoms with E-state index in [1.807, 2.05) is 48.0 Å². The van der Waals surface area contributed by atoms with Gasteiger partial charge in [-0.05, 0) is 31.0 Å². The summed E-state index contributed by atoms with van der Waals surface area (Å²) in [4.78, 5) is 36.6. The van der Waals surface area contributed by atoms with Gasteiger partial charge in [-0.1, -0.05) is 36.4 Å². The number of benzene rings is 1. The highest BCUT2D eigenvalue weighted by Crippen LogP contribution is 2.25. The number of rotatable bonds is 7. The van der Waals surface area contributed by atoms with Crippen molar-refractivity contribution in [1.29, 1.82) is 0 Å². The molecule has 1 aromatic carbocycles. The lowest BCUT2D eigenvalue weighted by molar-refractivity contribution is 0.0725. The zero-order chi connectivity index (χ0) is 24.2. The monoisotopic (exact) mass is 486 g/mol. The molecule has 0 spiro atoms. The highest BCUT2D eigenvalue weighted by atomic mass is 32.1. The summed E-state index contributed by atoms with van der Waals surface area (Å²) in [6.07, 6.45) is 3.15. The maximum atomic E-state index is 13.2. The van der Waals surface area contributed by atoms with E-state index in [9.17, 15) is 9.59 Å². The molecule has 178 valence electrons. The normalized spacial score (nSPS) is 12.9. The average Bonchev–Trinajstić information content (AvgIpc) is 3.50. The van der Waals surface area contributed by atoms with E-state index in [1.165, 1.54) is 16.9 Å². The van der Waals surface area contributed by atoms with E-state index < -0.39 is 0 Å². The number of hydrogen-bond donors (Lipinski definition) is 1. The summed E-state index contributed by atoms with van der Waals surface area (Å²) in [7, 11) is 0. The van der Waals surface area contributed by atoms with Gasteiger partial charge in [0.05, 0.1) is 23.8 Å². The molecule has 0 radical (unpaired) electrons. The smallest absolute Gasteiger partial charge is 0.273 e. The first kappa shape index (κ1) is 22.9. The molecular weight excluding hydrogens is 460 g/mol. The van der Waals surface area contributed by atoms with Crippen LogP contribution in [-0.4, -0.2) is 43.0 Å². The maximum Gasteiger partial charge on any atom is 0.273 e. The van der Waals surface area contributed by atoms with Crippen molar-refractivity contribution in [2.45, 2.75) is 39.4 Å². The SMILES string of the molecule is Cc1nc(C(=O)N2CCc3c(c(C(=O)NCc4ccccn4)nn3CCc3ccccc3)C2)cs1. The Morgan fingerprint density at radius 1 is 1.11 bits per heavy atom. The zero-order valence-electron chi connectivity index (χ0n) is 19.5. The Morgan fingerprint density at radius 3 is 2.69 bits per heavy atom. The molecule has 35 heavy (non-hydrogen) atoms. The number of fused-ring (bicyclic) bond motifs is 1. The minimum atomic E-state index is -0.260. The van der Waals surface area contributed by atoms with Crippen LogP contribution in [0.4, 0.5) is 0 Å². The first-order chi connectivity index (χ1) is 17.1. The van der Waals surface area contributed by atoms with E-state index >= 15 is 0 Å². The lowest BCUT2D eigenvalue weighted by Crippen LogP contribution is -2.37. The van der Waals surface area contributed by atoms with E-state index in [2.05, 4.69) is 27.4 Å². The van der Waals surface area contributed by atoms with E-state index in [4.69, 9.17) is 5.10 Å². The van der Waals surface area contributed by atoms with E-state index in [0.29, 0.717) is 44.0 Å². The minimum absolute atomic E-state index is 0.114. The van der Waals surface area contributed by atoms with Gasteiger partial charge in [-0.25, -0.2) is 4.98 Å². The molecule has 4 heterocycles. The van der Waals surface area contributed by atoms with Gasteiger partial charge in [0.25, 0.3) is 11.8 Å². The molecule has 0 bridgehead atoms.